The molecule has 160 valence electrons. The summed E-state index contributed by atoms with van der Waals surface area (Å²) in [5.41, 5.74) is 6.79. The van der Waals surface area contributed by atoms with Gasteiger partial charge in [-0.05, 0) is 37.8 Å². The van der Waals surface area contributed by atoms with Crippen LogP contribution in [0.25, 0.3) is 0 Å². The molecule has 5 nitrogen and oxygen atoms in total. The average Bonchev–Trinajstić information content (AvgIpc) is 2.67. The summed E-state index contributed by atoms with van der Waals surface area (Å²) in [6.45, 7) is 5.36. The SMILES string of the molecule is CCCO[C@@H]1C[C@@H](C(=O)N2CCN(c3ccccc3F)CC2)CC[C@H]1N.Cl.Cl. The smallest absolute Gasteiger partial charge is 0.225 e. The first-order valence-corrected chi connectivity index (χ1v) is 9.75. The highest BCUT2D eigenvalue weighted by Crippen LogP contribution is 2.28. The molecule has 2 N–H and O–H groups in total. The summed E-state index contributed by atoms with van der Waals surface area (Å²) in [6, 6.07) is 6.85. The zero-order chi connectivity index (χ0) is 18.5. The van der Waals surface area contributed by atoms with Crippen LogP contribution in [0.3, 0.4) is 0 Å². The fraction of sp³-hybridized carbons (Fsp3) is 0.650. The molecule has 1 aromatic carbocycles. The number of nitrogens with two attached hydrogens (primary N) is 1. The normalized spacial score (nSPS) is 24.9. The second kappa shape index (κ2) is 11.8. The summed E-state index contributed by atoms with van der Waals surface area (Å²) in [5, 5.41) is 0. The van der Waals surface area contributed by atoms with Crippen LogP contribution in [0.1, 0.15) is 32.6 Å². The molecule has 1 heterocycles. The molecule has 1 saturated heterocycles. The Morgan fingerprint density at radius 1 is 1.18 bits per heavy atom. The highest BCUT2D eigenvalue weighted by Gasteiger charge is 2.35. The molecule has 1 saturated carbocycles. The monoisotopic (exact) mass is 435 g/mol. The number of halogens is 3. The maximum absolute atomic E-state index is 14.0. The van der Waals surface area contributed by atoms with Gasteiger partial charge in [0.15, 0.2) is 0 Å². The van der Waals surface area contributed by atoms with E-state index in [-0.39, 0.29) is 54.6 Å². The standard InChI is InChI=1S/C20H30FN3O2.2ClH/c1-2-13-26-19-14-15(7-8-17(19)22)20(25)24-11-9-23(10-12-24)18-6-4-3-5-16(18)21;;/h3-6,15,17,19H,2,7-14,22H2,1H3;2*1H/t15-,17+,19+;;/m0../s1. The minimum absolute atomic E-state index is 0. The summed E-state index contributed by atoms with van der Waals surface area (Å²) in [5.74, 6) is -0.00342. The van der Waals surface area contributed by atoms with E-state index in [4.69, 9.17) is 10.5 Å². The summed E-state index contributed by atoms with van der Waals surface area (Å²) >= 11 is 0. The number of para-hydroxylation sites is 1. The van der Waals surface area contributed by atoms with E-state index in [1.807, 2.05) is 15.9 Å². The molecule has 0 spiro atoms. The lowest BCUT2D eigenvalue weighted by atomic mass is 9.83. The van der Waals surface area contributed by atoms with Gasteiger partial charge in [-0.25, -0.2) is 4.39 Å². The number of carbonyl (C=O) groups is 1. The third-order valence-corrected chi connectivity index (χ3v) is 5.51. The fourth-order valence-corrected chi connectivity index (χ4v) is 3.97. The second-order valence-corrected chi connectivity index (χ2v) is 7.35. The van der Waals surface area contributed by atoms with Crippen molar-refractivity contribution in [2.45, 2.75) is 44.8 Å². The van der Waals surface area contributed by atoms with E-state index in [0.717, 1.165) is 19.3 Å². The first-order valence-electron chi connectivity index (χ1n) is 9.75. The van der Waals surface area contributed by atoms with Crippen LogP contribution in [0.5, 0.6) is 0 Å². The average molecular weight is 436 g/mol. The lowest BCUT2D eigenvalue weighted by molar-refractivity contribution is -0.139. The molecule has 2 aliphatic rings. The second-order valence-electron chi connectivity index (χ2n) is 7.35. The molecule has 2 fully saturated rings. The molecule has 8 heteroatoms. The van der Waals surface area contributed by atoms with E-state index in [9.17, 15) is 9.18 Å². The van der Waals surface area contributed by atoms with Crippen LogP contribution in [0.15, 0.2) is 24.3 Å². The number of anilines is 1. The van der Waals surface area contributed by atoms with Crippen molar-refractivity contribution in [3.63, 3.8) is 0 Å². The van der Waals surface area contributed by atoms with Crippen molar-refractivity contribution in [2.75, 3.05) is 37.7 Å². The number of piperazine rings is 1. The Morgan fingerprint density at radius 3 is 2.50 bits per heavy atom. The van der Waals surface area contributed by atoms with Crippen molar-refractivity contribution >= 4 is 36.4 Å². The highest BCUT2D eigenvalue weighted by atomic mass is 35.5. The van der Waals surface area contributed by atoms with Gasteiger partial charge in [0.05, 0.1) is 11.8 Å². The predicted octanol–water partition coefficient (Wildman–Crippen LogP) is 3.24. The molecule has 1 aliphatic carbocycles. The third-order valence-electron chi connectivity index (χ3n) is 5.51. The van der Waals surface area contributed by atoms with Gasteiger partial charge in [-0.3, -0.25) is 4.79 Å². The van der Waals surface area contributed by atoms with Crippen LogP contribution in [0, 0.1) is 11.7 Å². The molecule has 1 aromatic rings. The fourth-order valence-electron chi connectivity index (χ4n) is 3.97. The van der Waals surface area contributed by atoms with Gasteiger partial charge in [-0.1, -0.05) is 19.1 Å². The third kappa shape index (κ3) is 5.96. The molecule has 0 bridgehead atoms. The molecule has 28 heavy (non-hydrogen) atoms. The number of hydrogen-bond donors (Lipinski definition) is 1. The van der Waals surface area contributed by atoms with E-state index in [1.54, 1.807) is 12.1 Å². The number of hydrogen-bond acceptors (Lipinski definition) is 4. The number of benzene rings is 1. The number of nitrogens with zero attached hydrogens (tertiary/aromatic N) is 2. The molecule has 3 rings (SSSR count). The van der Waals surface area contributed by atoms with E-state index < -0.39 is 0 Å². The lowest BCUT2D eigenvalue weighted by Crippen LogP contribution is -2.52. The summed E-state index contributed by atoms with van der Waals surface area (Å²) in [7, 11) is 0. The topological polar surface area (TPSA) is 58.8 Å². The molecular formula is C20H32Cl2FN3O2. The maximum atomic E-state index is 14.0. The molecule has 0 unspecified atom stereocenters. The van der Waals surface area contributed by atoms with E-state index in [1.165, 1.54) is 6.07 Å². The number of ether oxygens (including phenoxy) is 1. The van der Waals surface area contributed by atoms with E-state index in [0.29, 0.717) is 44.9 Å². The van der Waals surface area contributed by atoms with Crippen LogP contribution in [0.2, 0.25) is 0 Å². The molecule has 3 atom stereocenters. The van der Waals surface area contributed by atoms with Gasteiger partial charge in [0, 0.05) is 44.7 Å². The van der Waals surface area contributed by atoms with Gasteiger partial charge >= 0.3 is 0 Å². The van der Waals surface area contributed by atoms with Crippen molar-refractivity contribution < 1.29 is 13.9 Å². The largest absolute Gasteiger partial charge is 0.377 e. The summed E-state index contributed by atoms with van der Waals surface area (Å²) in [4.78, 5) is 16.9. The molecule has 1 amide bonds. The minimum Gasteiger partial charge on any atom is -0.377 e. The van der Waals surface area contributed by atoms with Crippen LogP contribution >= 0.6 is 24.8 Å². The van der Waals surface area contributed by atoms with Crippen molar-refractivity contribution in [1.82, 2.24) is 4.90 Å². The predicted molar refractivity (Wildman–Crippen MR) is 115 cm³/mol. The van der Waals surface area contributed by atoms with E-state index >= 15 is 0 Å². The Labute approximate surface area is 179 Å². The van der Waals surface area contributed by atoms with Crippen LogP contribution in [0.4, 0.5) is 10.1 Å². The highest BCUT2D eigenvalue weighted by molar-refractivity contribution is 5.85. The van der Waals surface area contributed by atoms with Gasteiger partial charge in [-0.2, -0.15) is 0 Å². The van der Waals surface area contributed by atoms with Gasteiger partial charge < -0.3 is 20.3 Å². The van der Waals surface area contributed by atoms with Crippen LogP contribution in [-0.2, 0) is 9.53 Å². The number of carbonyl (C=O) groups excluding carboxylic acids is 1. The van der Waals surface area contributed by atoms with Crippen molar-refractivity contribution in [3.8, 4) is 0 Å². The van der Waals surface area contributed by atoms with Crippen LogP contribution in [-0.4, -0.2) is 55.7 Å². The van der Waals surface area contributed by atoms with E-state index in [2.05, 4.69) is 6.92 Å². The van der Waals surface area contributed by atoms with Crippen LogP contribution < -0.4 is 10.6 Å². The number of amides is 1. The van der Waals surface area contributed by atoms with Crippen molar-refractivity contribution in [2.24, 2.45) is 11.7 Å². The maximum Gasteiger partial charge on any atom is 0.225 e. The first-order chi connectivity index (χ1) is 12.6. The first kappa shape index (κ1) is 25.0. The zero-order valence-electron chi connectivity index (χ0n) is 16.4. The molecule has 1 aliphatic heterocycles. The van der Waals surface area contributed by atoms with Gasteiger partial charge in [0.1, 0.15) is 5.82 Å². The zero-order valence-corrected chi connectivity index (χ0v) is 18.0. The summed E-state index contributed by atoms with van der Waals surface area (Å²) < 4.78 is 19.8. The lowest BCUT2D eigenvalue weighted by Gasteiger charge is -2.40. The van der Waals surface area contributed by atoms with Gasteiger partial charge in [-0.15, -0.1) is 24.8 Å². The Hall–Kier alpha value is -1.08. The number of rotatable bonds is 5. The van der Waals surface area contributed by atoms with Crippen molar-refractivity contribution in [1.29, 1.82) is 0 Å². The Bertz CT molecular complexity index is 615. The van der Waals surface area contributed by atoms with Crippen molar-refractivity contribution in [3.05, 3.63) is 30.1 Å². The Balaban J connectivity index is 0.00000196. The summed E-state index contributed by atoms with van der Waals surface area (Å²) in [6.07, 6.45) is 3.32. The quantitative estimate of drug-likeness (QED) is 0.770. The molecule has 0 radical (unpaired) electrons. The minimum atomic E-state index is -0.204. The van der Waals surface area contributed by atoms with Gasteiger partial charge in [0.2, 0.25) is 5.91 Å². The Morgan fingerprint density at radius 2 is 1.86 bits per heavy atom. The molecule has 0 aromatic heterocycles. The van der Waals surface area contributed by atoms with Gasteiger partial charge in [0.25, 0.3) is 0 Å². The Kier molecular flexibility index (Phi) is 10.5. The molecular weight excluding hydrogens is 404 g/mol.